The molecule has 188 valence electrons. The Kier molecular flexibility index (Phi) is 6.56. The molecule has 2 aliphatic rings. The van der Waals surface area contributed by atoms with E-state index in [1.165, 1.54) is 7.11 Å². The van der Waals surface area contributed by atoms with Crippen LogP contribution in [0, 0.1) is 0 Å². The van der Waals surface area contributed by atoms with Gasteiger partial charge in [0.2, 0.25) is 18.6 Å². The molecule has 0 aliphatic carbocycles. The zero-order chi connectivity index (χ0) is 25.1. The third kappa shape index (κ3) is 4.88. The molecule has 1 aromatic carbocycles. The number of carbonyl (C=O) groups excluding carboxylic acids is 2. The Morgan fingerprint density at radius 2 is 2.06 bits per heavy atom. The van der Waals surface area contributed by atoms with E-state index >= 15 is 0 Å². The first-order chi connectivity index (χ1) is 17.5. The molecule has 5 rings (SSSR count). The van der Waals surface area contributed by atoms with Gasteiger partial charge in [0.15, 0.2) is 11.5 Å². The predicted molar refractivity (Wildman–Crippen MR) is 128 cm³/mol. The minimum absolute atomic E-state index is 0.147. The van der Waals surface area contributed by atoms with Crippen molar-refractivity contribution in [3.63, 3.8) is 0 Å². The lowest BCUT2D eigenvalue weighted by Crippen LogP contribution is -2.56. The summed E-state index contributed by atoms with van der Waals surface area (Å²) in [5, 5.41) is 3.06. The van der Waals surface area contributed by atoms with Gasteiger partial charge in [-0.3, -0.25) is 9.36 Å². The van der Waals surface area contributed by atoms with Gasteiger partial charge in [-0.1, -0.05) is 6.07 Å². The number of nitrogens with zero attached hydrogens (tertiary/aromatic N) is 6. The summed E-state index contributed by atoms with van der Waals surface area (Å²) in [5.74, 6) is 2.35. The van der Waals surface area contributed by atoms with Crippen LogP contribution in [0.2, 0.25) is 0 Å². The molecule has 1 saturated heterocycles. The van der Waals surface area contributed by atoms with Crippen LogP contribution in [-0.4, -0.2) is 76.0 Å². The number of rotatable bonds is 6. The van der Waals surface area contributed by atoms with E-state index in [9.17, 15) is 9.59 Å². The Morgan fingerprint density at radius 3 is 2.86 bits per heavy atom. The third-order valence-electron chi connectivity index (χ3n) is 6.27. The molecular formula is C24H27N7O5. The summed E-state index contributed by atoms with van der Waals surface area (Å²) in [5.41, 5.74) is 0.907. The van der Waals surface area contributed by atoms with Crippen LogP contribution in [0.4, 0.5) is 10.6 Å². The Hall–Kier alpha value is -4.35. The fraction of sp³-hybridized carbons (Fsp3) is 0.375. The van der Waals surface area contributed by atoms with E-state index in [2.05, 4.69) is 20.3 Å². The number of imidazole rings is 1. The smallest absolute Gasteiger partial charge is 0.409 e. The van der Waals surface area contributed by atoms with E-state index in [-0.39, 0.29) is 31.2 Å². The molecular weight excluding hydrogens is 466 g/mol. The molecule has 2 amide bonds. The summed E-state index contributed by atoms with van der Waals surface area (Å²) in [7, 11) is 1.35. The van der Waals surface area contributed by atoms with Gasteiger partial charge in [0.25, 0.3) is 0 Å². The number of hydrogen-bond donors (Lipinski definition) is 1. The van der Waals surface area contributed by atoms with Crippen LogP contribution < -0.4 is 19.7 Å². The summed E-state index contributed by atoms with van der Waals surface area (Å²) in [6, 6.07) is 6.86. The molecule has 12 nitrogen and oxygen atoms in total. The van der Waals surface area contributed by atoms with Gasteiger partial charge in [0.1, 0.15) is 12.1 Å². The number of ether oxygens (including phenoxy) is 3. The van der Waals surface area contributed by atoms with Crippen molar-refractivity contribution in [2.24, 2.45) is 0 Å². The molecule has 0 spiro atoms. The SMILES string of the molecule is COC(=O)N1CCN(c2ccnc(-n3ccnc3)n2)C(CC(=O)NC(C)c2ccc3c(c2)OCO3)C1. The molecule has 2 aliphatic heterocycles. The number of aromatic nitrogens is 4. The van der Waals surface area contributed by atoms with E-state index in [4.69, 9.17) is 14.2 Å². The van der Waals surface area contributed by atoms with Crippen LogP contribution in [0.5, 0.6) is 11.5 Å². The number of nitrogens with one attached hydrogen (secondary N) is 1. The Labute approximate surface area is 207 Å². The molecule has 2 atom stereocenters. The highest BCUT2D eigenvalue weighted by atomic mass is 16.7. The van der Waals surface area contributed by atoms with Crippen LogP contribution in [0.3, 0.4) is 0 Å². The van der Waals surface area contributed by atoms with Crippen molar-refractivity contribution in [1.29, 1.82) is 0 Å². The quantitative estimate of drug-likeness (QED) is 0.548. The monoisotopic (exact) mass is 493 g/mol. The molecule has 2 unspecified atom stereocenters. The van der Waals surface area contributed by atoms with Crippen LogP contribution in [0.1, 0.15) is 24.9 Å². The molecule has 3 aromatic rings. The zero-order valence-corrected chi connectivity index (χ0v) is 20.0. The average Bonchev–Trinajstić information content (AvgIpc) is 3.60. The Bertz CT molecular complexity index is 1240. The average molecular weight is 494 g/mol. The standard InChI is InChI=1S/C24H27N7O5/c1-16(17-3-4-19-20(11-17)36-15-35-19)27-22(32)12-18-13-29(24(33)34-2)9-10-31(18)21-5-6-26-23(28-21)30-8-7-25-14-30/h3-8,11,14,16,18H,9-10,12-13,15H2,1-2H3,(H,27,32). The number of carbonyl (C=O) groups is 2. The fourth-order valence-electron chi connectivity index (χ4n) is 4.41. The van der Waals surface area contributed by atoms with Crippen molar-refractivity contribution in [1.82, 2.24) is 29.7 Å². The molecule has 1 N–H and O–H groups in total. The lowest BCUT2D eigenvalue weighted by Gasteiger charge is -2.41. The van der Waals surface area contributed by atoms with Gasteiger partial charge >= 0.3 is 6.09 Å². The predicted octanol–water partition coefficient (Wildman–Crippen LogP) is 1.92. The molecule has 0 saturated carbocycles. The summed E-state index contributed by atoms with van der Waals surface area (Å²) < 4.78 is 17.5. The topological polar surface area (TPSA) is 124 Å². The van der Waals surface area contributed by atoms with Crippen LogP contribution in [0.25, 0.3) is 5.95 Å². The first-order valence-corrected chi connectivity index (χ1v) is 11.6. The molecule has 2 aromatic heterocycles. The summed E-state index contributed by atoms with van der Waals surface area (Å²) in [4.78, 5) is 42.0. The van der Waals surface area contributed by atoms with Gasteiger partial charge in [-0.25, -0.2) is 14.8 Å². The summed E-state index contributed by atoms with van der Waals surface area (Å²) in [6.45, 7) is 3.37. The number of benzene rings is 1. The maximum absolute atomic E-state index is 13.1. The summed E-state index contributed by atoms with van der Waals surface area (Å²) >= 11 is 0. The van der Waals surface area contributed by atoms with E-state index < -0.39 is 6.09 Å². The van der Waals surface area contributed by atoms with Crippen LogP contribution in [-0.2, 0) is 9.53 Å². The molecule has 0 radical (unpaired) electrons. The second kappa shape index (κ2) is 10.1. The summed E-state index contributed by atoms with van der Waals surface area (Å²) in [6.07, 6.45) is 6.44. The van der Waals surface area contributed by atoms with Gasteiger partial charge in [-0.2, -0.15) is 4.98 Å². The fourth-order valence-corrected chi connectivity index (χ4v) is 4.41. The maximum Gasteiger partial charge on any atom is 0.409 e. The van der Waals surface area contributed by atoms with E-state index in [0.717, 1.165) is 5.56 Å². The van der Waals surface area contributed by atoms with Crippen molar-refractivity contribution in [3.8, 4) is 17.4 Å². The lowest BCUT2D eigenvalue weighted by atomic mass is 10.1. The number of amides is 2. The largest absolute Gasteiger partial charge is 0.454 e. The molecule has 0 bridgehead atoms. The van der Waals surface area contributed by atoms with Crippen molar-refractivity contribution < 1.29 is 23.8 Å². The molecule has 1 fully saturated rings. The number of piperazine rings is 1. The van der Waals surface area contributed by atoms with Crippen molar-refractivity contribution >= 4 is 17.8 Å². The minimum Gasteiger partial charge on any atom is -0.454 e. The van der Waals surface area contributed by atoms with E-state index in [1.54, 1.807) is 40.5 Å². The Balaban J connectivity index is 1.32. The van der Waals surface area contributed by atoms with E-state index in [1.807, 2.05) is 30.0 Å². The van der Waals surface area contributed by atoms with Crippen LogP contribution >= 0.6 is 0 Å². The minimum atomic E-state index is -0.421. The van der Waals surface area contributed by atoms with Gasteiger partial charge in [0.05, 0.1) is 19.2 Å². The first kappa shape index (κ1) is 23.4. The Morgan fingerprint density at radius 1 is 1.19 bits per heavy atom. The second-order valence-electron chi connectivity index (χ2n) is 8.55. The van der Waals surface area contributed by atoms with Crippen LogP contribution in [0.15, 0.2) is 49.2 Å². The van der Waals surface area contributed by atoms with Gasteiger partial charge in [-0.05, 0) is 30.7 Å². The highest BCUT2D eigenvalue weighted by Crippen LogP contribution is 2.34. The van der Waals surface area contributed by atoms with Crippen molar-refractivity contribution in [3.05, 3.63) is 54.7 Å². The third-order valence-corrected chi connectivity index (χ3v) is 6.27. The number of methoxy groups -OCH3 is 1. The zero-order valence-electron chi connectivity index (χ0n) is 20.0. The van der Waals surface area contributed by atoms with Gasteiger partial charge < -0.3 is 29.3 Å². The van der Waals surface area contributed by atoms with E-state index in [0.29, 0.717) is 42.9 Å². The highest BCUT2D eigenvalue weighted by Gasteiger charge is 2.33. The maximum atomic E-state index is 13.1. The normalized spacial score (nSPS) is 17.6. The number of anilines is 1. The first-order valence-electron chi connectivity index (χ1n) is 11.6. The molecule has 12 heteroatoms. The number of hydrogen-bond acceptors (Lipinski definition) is 9. The highest BCUT2D eigenvalue weighted by molar-refractivity contribution is 5.78. The van der Waals surface area contributed by atoms with Gasteiger partial charge in [-0.15, -0.1) is 0 Å². The van der Waals surface area contributed by atoms with Crippen molar-refractivity contribution in [2.75, 3.05) is 38.4 Å². The van der Waals surface area contributed by atoms with Crippen molar-refractivity contribution in [2.45, 2.75) is 25.4 Å². The van der Waals surface area contributed by atoms with Gasteiger partial charge in [0, 0.05) is 44.6 Å². The second-order valence-corrected chi connectivity index (χ2v) is 8.55. The lowest BCUT2D eigenvalue weighted by molar-refractivity contribution is -0.122. The number of fused-ring (bicyclic) bond motifs is 1. The molecule has 36 heavy (non-hydrogen) atoms. The molecule has 4 heterocycles.